The maximum Gasteiger partial charge on any atom is 0.323 e. The molecular formula is C23H19N3O5S2. The van der Waals surface area contributed by atoms with E-state index in [0.717, 1.165) is 33.4 Å². The number of hydrogen-bond donors (Lipinski definition) is 1. The monoisotopic (exact) mass is 481 g/mol. The van der Waals surface area contributed by atoms with Gasteiger partial charge in [0, 0.05) is 6.20 Å². The highest BCUT2D eigenvalue weighted by molar-refractivity contribution is 8.26. The third-order valence-electron chi connectivity index (χ3n) is 5.03. The summed E-state index contributed by atoms with van der Waals surface area (Å²) in [7, 11) is 0. The first kappa shape index (κ1) is 22.7. The number of thioether (sulfide) groups is 1. The van der Waals surface area contributed by atoms with Crippen molar-refractivity contribution in [3.8, 4) is 11.6 Å². The molecule has 1 N–H and O–H groups in total. The van der Waals surface area contributed by atoms with Gasteiger partial charge in [0.2, 0.25) is 5.88 Å². The van der Waals surface area contributed by atoms with E-state index in [2.05, 4.69) is 4.98 Å². The Bertz CT molecular complexity index is 1430. The molecule has 0 saturated carbocycles. The quantitative estimate of drug-likeness (QED) is 0.435. The van der Waals surface area contributed by atoms with Crippen molar-refractivity contribution in [2.75, 3.05) is 6.54 Å². The molecule has 3 aromatic rings. The van der Waals surface area contributed by atoms with E-state index in [4.69, 9.17) is 22.1 Å². The van der Waals surface area contributed by atoms with Gasteiger partial charge in [-0.15, -0.1) is 0 Å². The summed E-state index contributed by atoms with van der Waals surface area (Å²) >= 11 is 6.09. The number of nitrogens with zero attached hydrogens (tertiary/aromatic N) is 3. The molecule has 1 saturated heterocycles. The predicted molar refractivity (Wildman–Crippen MR) is 130 cm³/mol. The highest BCUT2D eigenvalue weighted by Crippen LogP contribution is 2.34. The van der Waals surface area contributed by atoms with Gasteiger partial charge in [0.25, 0.3) is 11.5 Å². The number of ether oxygens (including phenoxy) is 1. The number of rotatable bonds is 5. The van der Waals surface area contributed by atoms with Crippen molar-refractivity contribution < 1.29 is 19.4 Å². The fourth-order valence-electron chi connectivity index (χ4n) is 3.41. The van der Waals surface area contributed by atoms with Gasteiger partial charge in [-0.25, -0.2) is 0 Å². The minimum atomic E-state index is -1.19. The van der Waals surface area contributed by atoms with Gasteiger partial charge in [0.1, 0.15) is 27.8 Å². The fraction of sp³-hybridized carbons (Fsp3) is 0.174. The van der Waals surface area contributed by atoms with Crippen LogP contribution in [0.2, 0.25) is 0 Å². The first-order valence-corrected chi connectivity index (χ1v) is 11.1. The van der Waals surface area contributed by atoms with Crippen molar-refractivity contribution in [1.82, 2.24) is 14.3 Å². The molecule has 33 heavy (non-hydrogen) atoms. The number of aryl methyl sites for hydroxylation is 3. The standard InChI is InChI=1S/C23H19N3O5S2/c1-12-6-7-16(14(3)9-12)31-20-15(21(29)25-8-4-5-13(2)19(25)24-20)10-17-22(30)26(11-18(27)28)23(32)33-17/h4-10H,11H2,1-3H3,(H,27,28)/b17-10+. The van der Waals surface area contributed by atoms with Crippen LogP contribution >= 0.6 is 24.0 Å². The zero-order valence-electron chi connectivity index (χ0n) is 18.0. The van der Waals surface area contributed by atoms with Crippen molar-refractivity contribution in [2.24, 2.45) is 0 Å². The Morgan fingerprint density at radius 3 is 2.67 bits per heavy atom. The number of amides is 1. The minimum Gasteiger partial charge on any atom is -0.480 e. The molecule has 1 aliphatic rings. The average molecular weight is 482 g/mol. The second kappa shape index (κ2) is 8.80. The van der Waals surface area contributed by atoms with E-state index in [1.165, 1.54) is 10.5 Å². The van der Waals surface area contributed by atoms with Crippen molar-refractivity contribution in [1.29, 1.82) is 0 Å². The van der Waals surface area contributed by atoms with E-state index < -0.39 is 24.0 Å². The summed E-state index contributed by atoms with van der Waals surface area (Å²) in [6, 6.07) is 9.19. The van der Waals surface area contributed by atoms with E-state index in [9.17, 15) is 14.4 Å². The third-order valence-corrected chi connectivity index (χ3v) is 6.41. The van der Waals surface area contributed by atoms with Crippen molar-refractivity contribution >= 4 is 51.9 Å². The molecule has 168 valence electrons. The SMILES string of the molecule is Cc1ccc(Oc2nc3c(C)cccn3c(=O)c2/C=C2/SC(=S)N(CC(=O)O)C2=O)c(C)c1. The van der Waals surface area contributed by atoms with Gasteiger partial charge >= 0.3 is 5.97 Å². The third kappa shape index (κ3) is 4.39. The summed E-state index contributed by atoms with van der Waals surface area (Å²) < 4.78 is 7.56. The number of carboxylic acid groups (broad SMARTS) is 1. The lowest BCUT2D eigenvalue weighted by Gasteiger charge is -2.13. The minimum absolute atomic E-state index is 0.0461. The fourth-order valence-corrected chi connectivity index (χ4v) is 4.65. The summed E-state index contributed by atoms with van der Waals surface area (Å²) in [6.45, 7) is 5.13. The lowest BCUT2D eigenvalue weighted by atomic mass is 10.1. The normalized spacial score (nSPS) is 15.0. The van der Waals surface area contributed by atoms with Gasteiger partial charge in [-0.1, -0.05) is 47.7 Å². The Balaban J connectivity index is 1.89. The van der Waals surface area contributed by atoms with Crippen LogP contribution in [0.1, 0.15) is 22.3 Å². The number of thiocarbonyl (C=S) groups is 1. The number of fused-ring (bicyclic) bond motifs is 1. The molecule has 0 radical (unpaired) electrons. The second-order valence-corrected chi connectivity index (χ2v) is 9.23. The number of benzene rings is 1. The van der Waals surface area contributed by atoms with Crippen LogP contribution in [0.5, 0.6) is 11.6 Å². The molecule has 0 bridgehead atoms. The second-order valence-electron chi connectivity index (χ2n) is 7.55. The lowest BCUT2D eigenvalue weighted by Crippen LogP contribution is -2.33. The van der Waals surface area contributed by atoms with Crippen LogP contribution in [0.15, 0.2) is 46.2 Å². The summed E-state index contributed by atoms with van der Waals surface area (Å²) in [5.74, 6) is -1.20. The molecule has 1 fully saturated rings. The molecule has 0 unspecified atom stereocenters. The number of hydrogen-bond acceptors (Lipinski definition) is 7. The zero-order chi connectivity index (χ0) is 23.9. The van der Waals surface area contributed by atoms with Crippen molar-refractivity contribution in [2.45, 2.75) is 20.8 Å². The van der Waals surface area contributed by atoms with Crippen molar-refractivity contribution in [3.63, 3.8) is 0 Å². The first-order chi connectivity index (χ1) is 15.7. The van der Waals surface area contributed by atoms with Crippen LogP contribution in [0.3, 0.4) is 0 Å². The maximum absolute atomic E-state index is 13.4. The van der Waals surface area contributed by atoms with Crippen LogP contribution in [-0.4, -0.2) is 42.1 Å². The van der Waals surface area contributed by atoms with E-state index in [1.807, 2.05) is 39.0 Å². The smallest absolute Gasteiger partial charge is 0.323 e. The van der Waals surface area contributed by atoms with E-state index in [-0.39, 0.29) is 20.7 Å². The Kier molecular flexibility index (Phi) is 6.05. The highest BCUT2D eigenvalue weighted by Gasteiger charge is 2.34. The molecule has 2 aromatic heterocycles. The summed E-state index contributed by atoms with van der Waals surface area (Å²) in [4.78, 5) is 42.9. The summed E-state index contributed by atoms with van der Waals surface area (Å²) in [6.07, 6.45) is 2.95. The van der Waals surface area contributed by atoms with Gasteiger partial charge in [-0.3, -0.25) is 23.7 Å². The molecule has 8 nitrogen and oxygen atoms in total. The Labute approximate surface area is 198 Å². The van der Waals surface area contributed by atoms with Crippen LogP contribution in [0.25, 0.3) is 11.7 Å². The first-order valence-electron chi connectivity index (χ1n) is 9.90. The molecule has 3 heterocycles. The number of carbonyl (C=O) groups is 2. The van der Waals surface area contributed by atoms with E-state index >= 15 is 0 Å². The molecule has 1 amide bonds. The summed E-state index contributed by atoms with van der Waals surface area (Å²) in [5, 5.41) is 9.06. The Morgan fingerprint density at radius 2 is 1.97 bits per heavy atom. The van der Waals surface area contributed by atoms with Crippen LogP contribution in [-0.2, 0) is 9.59 Å². The molecule has 1 aromatic carbocycles. The van der Waals surface area contributed by atoms with Crippen LogP contribution in [0.4, 0.5) is 0 Å². The number of carboxylic acids is 1. The average Bonchev–Trinajstić information content (AvgIpc) is 3.00. The van der Waals surface area contributed by atoms with Gasteiger partial charge in [-0.2, -0.15) is 4.98 Å². The molecule has 10 heteroatoms. The number of carbonyl (C=O) groups excluding carboxylic acids is 1. The van der Waals surface area contributed by atoms with Crippen LogP contribution in [0, 0.1) is 20.8 Å². The van der Waals surface area contributed by atoms with Crippen LogP contribution < -0.4 is 10.3 Å². The van der Waals surface area contributed by atoms with E-state index in [0.29, 0.717) is 11.4 Å². The topological polar surface area (TPSA) is 101 Å². The molecule has 0 aliphatic carbocycles. The van der Waals surface area contributed by atoms with E-state index in [1.54, 1.807) is 18.3 Å². The van der Waals surface area contributed by atoms with Gasteiger partial charge < -0.3 is 9.84 Å². The molecular weight excluding hydrogens is 462 g/mol. The molecule has 4 rings (SSSR count). The summed E-state index contributed by atoms with van der Waals surface area (Å²) in [5.41, 5.74) is 2.77. The predicted octanol–water partition coefficient (Wildman–Crippen LogP) is 3.70. The van der Waals surface area contributed by atoms with Gasteiger partial charge in [0.05, 0.1) is 4.91 Å². The molecule has 1 aliphatic heterocycles. The van der Waals surface area contributed by atoms with Crippen molar-refractivity contribution in [3.05, 3.63) is 74.0 Å². The molecule has 0 atom stereocenters. The molecule has 0 spiro atoms. The number of aromatic nitrogens is 2. The number of aliphatic carboxylic acids is 1. The Hall–Kier alpha value is -3.50. The highest BCUT2D eigenvalue weighted by atomic mass is 32.2. The lowest BCUT2D eigenvalue weighted by molar-refractivity contribution is -0.140. The largest absolute Gasteiger partial charge is 0.480 e. The van der Waals surface area contributed by atoms with Gasteiger partial charge in [0.15, 0.2) is 0 Å². The Morgan fingerprint density at radius 1 is 1.21 bits per heavy atom. The van der Waals surface area contributed by atoms with Gasteiger partial charge in [-0.05, 0) is 50.1 Å². The number of pyridine rings is 1. The maximum atomic E-state index is 13.4. The zero-order valence-corrected chi connectivity index (χ0v) is 19.6.